The van der Waals surface area contributed by atoms with Crippen LogP contribution < -0.4 is 5.32 Å². The van der Waals surface area contributed by atoms with Crippen LogP contribution in [0.1, 0.15) is 25.7 Å². The van der Waals surface area contributed by atoms with Gasteiger partial charge in [-0.15, -0.1) is 0 Å². The molecule has 5 atom stereocenters. The first-order valence-corrected chi connectivity index (χ1v) is 6.81. The summed E-state index contributed by atoms with van der Waals surface area (Å²) < 4.78 is 0. The van der Waals surface area contributed by atoms with Crippen LogP contribution in [0.25, 0.3) is 0 Å². The number of rotatable bonds is 5. The predicted octanol–water partition coefficient (Wildman–Crippen LogP) is -1.76. The van der Waals surface area contributed by atoms with E-state index in [1.807, 2.05) is 0 Å². The van der Waals surface area contributed by atoms with Crippen molar-refractivity contribution in [3.8, 4) is 0 Å². The lowest BCUT2D eigenvalue weighted by molar-refractivity contribution is -0.150. The molecule has 0 aromatic carbocycles. The fourth-order valence-corrected chi connectivity index (χ4v) is 2.84. The minimum absolute atomic E-state index is 0.194. The second-order valence-electron chi connectivity index (χ2n) is 5.33. The van der Waals surface area contributed by atoms with Gasteiger partial charge in [0.25, 0.3) is 0 Å². The molecule has 5 N–H and O–H groups in total. The number of aliphatic hydroxyl groups is 4. The molecule has 106 valence electrons. The average molecular weight is 260 g/mol. The molecule has 2 unspecified atom stereocenters. The van der Waals surface area contributed by atoms with Crippen molar-refractivity contribution in [1.82, 2.24) is 10.2 Å². The lowest BCUT2D eigenvalue weighted by Gasteiger charge is -2.33. The first-order chi connectivity index (χ1) is 8.61. The zero-order chi connectivity index (χ0) is 13.1. The number of aliphatic hydroxyl groups excluding tert-OH is 4. The van der Waals surface area contributed by atoms with Crippen LogP contribution in [0.5, 0.6) is 0 Å². The van der Waals surface area contributed by atoms with Gasteiger partial charge in [-0.25, -0.2) is 0 Å². The zero-order valence-corrected chi connectivity index (χ0v) is 10.6. The largest absolute Gasteiger partial charge is 0.389 e. The Morgan fingerprint density at radius 3 is 2.17 bits per heavy atom. The van der Waals surface area contributed by atoms with Crippen LogP contribution in [0.4, 0.5) is 0 Å². The van der Waals surface area contributed by atoms with Crippen molar-refractivity contribution in [2.75, 3.05) is 19.6 Å². The lowest BCUT2D eigenvalue weighted by Crippen LogP contribution is -2.55. The summed E-state index contributed by atoms with van der Waals surface area (Å²) in [4.78, 5) is 1.74. The van der Waals surface area contributed by atoms with Crippen molar-refractivity contribution in [3.63, 3.8) is 0 Å². The highest BCUT2D eigenvalue weighted by Crippen LogP contribution is 2.19. The van der Waals surface area contributed by atoms with Gasteiger partial charge in [0, 0.05) is 19.1 Å². The molecule has 0 spiro atoms. The van der Waals surface area contributed by atoms with E-state index in [2.05, 4.69) is 5.32 Å². The zero-order valence-electron chi connectivity index (χ0n) is 10.6. The van der Waals surface area contributed by atoms with Gasteiger partial charge in [0.1, 0.15) is 18.4 Å². The Labute approximate surface area is 107 Å². The highest BCUT2D eigenvalue weighted by Gasteiger charge is 2.38. The second-order valence-corrected chi connectivity index (χ2v) is 5.33. The fourth-order valence-electron chi connectivity index (χ4n) is 2.84. The summed E-state index contributed by atoms with van der Waals surface area (Å²) >= 11 is 0. The molecule has 2 aliphatic rings. The lowest BCUT2D eigenvalue weighted by atomic mass is 9.98. The Bertz CT molecular complexity index is 228. The molecule has 18 heavy (non-hydrogen) atoms. The first-order valence-electron chi connectivity index (χ1n) is 6.81. The third-order valence-corrected chi connectivity index (χ3v) is 4.03. The van der Waals surface area contributed by atoms with Crippen LogP contribution in [-0.4, -0.2) is 75.5 Å². The van der Waals surface area contributed by atoms with E-state index >= 15 is 0 Å². The van der Waals surface area contributed by atoms with Crippen LogP contribution >= 0.6 is 0 Å². The second kappa shape index (κ2) is 6.27. The van der Waals surface area contributed by atoms with Gasteiger partial charge in [0.15, 0.2) is 0 Å². The first kappa shape index (κ1) is 14.2. The van der Waals surface area contributed by atoms with E-state index in [0.717, 1.165) is 45.3 Å². The van der Waals surface area contributed by atoms with E-state index < -0.39 is 24.5 Å². The minimum Gasteiger partial charge on any atom is -0.389 e. The monoisotopic (exact) mass is 260 g/mol. The van der Waals surface area contributed by atoms with Crippen LogP contribution in [0.3, 0.4) is 0 Å². The van der Waals surface area contributed by atoms with Crippen molar-refractivity contribution in [1.29, 1.82) is 0 Å². The number of hydrogen-bond donors (Lipinski definition) is 5. The van der Waals surface area contributed by atoms with Crippen molar-refractivity contribution in [2.24, 2.45) is 0 Å². The third-order valence-electron chi connectivity index (χ3n) is 4.03. The molecular formula is C12H24N2O4. The van der Waals surface area contributed by atoms with E-state index in [0.29, 0.717) is 0 Å². The standard InChI is InChI=1S/C12H24N2O4/c15-9(8-4-3-5-13-8)10(16)11(17)12(18)14-6-1-2-7-14/h8-13,15-18H,1-7H2/t8-,9?,10-,11+,12?/m0/s1. The summed E-state index contributed by atoms with van der Waals surface area (Å²) in [6.07, 6.45) is -1.07. The van der Waals surface area contributed by atoms with Gasteiger partial charge in [-0.2, -0.15) is 0 Å². The van der Waals surface area contributed by atoms with Crippen LogP contribution in [0, 0.1) is 0 Å². The summed E-state index contributed by atoms with van der Waals surface area (Å²) in [5.41, 5.74) is 0. The summed E-state index contributed by atoms with van der Waals surface area (Å²) in [6, 6.07) is -0.194. The third kappa shape index (κ3) is 3.01. The average Bonchev–Trinajstić information content (AvgIpc) is 3.06. The molecule has 2 heterocycles. The maximum absolute atomic E-state index is 9.98. The molecule has 0 saturated carbocycles. The maximum atomic E-state index is 9.98. The SMILES string of the molecule is OC([C@@H]1CCCN1)[C@H](O)[C@@H](O)C(O)N1CCCC1. The number of nitrogens with zero attached hydrogens (tertiary/aromatic N) is 1. The van der Waals surface area contributed by atoms with E-state index in [9.17, 15) is 20.4 Å². The Kier molecular flexibility index (Phi) is 4.94. The van der Waals surface area contributed by atoms with E-state index in [-0.39, 0.29) is 6.04 Å². The molecule has 2 fully saturated rings. The number of nitrogens with one attached hydrogen (secondary N) is 1. The van der Waals surface area contributed by atoms with Crippen molar-refractivity contribution in [2.45, 2.75) is 56.3 Å². The van der Waals surface area contributed by atoms with Gasteiger partial charge < -0.3 is 25.7 Å². The van der Waals surface area contributed by atoms with Crippen LogP contribution in [0.2, 0.25) is 0 Å². The fraction of sp³-hybridized carbons (Fsp3) is 1.00. The normalized spacial score (nSPS) is 32.3. The Morgan fingerprint density at radius 1 is 0.944 bits per heavy atom. The summed E-state index contributed by atoms with van der Waals surface area (Å²) in [7, 11) is 0. The molecule has 0 aliphatic carbocycles. The van der Waals surface area contributed by atoms with E-state index in [4.69, 9.17) is 0 Å². The smallest absolute Gasteiger partial charge is 0.136 e. The van der Waals surface area contributed by atoms with Gasteiger partial charge in [-0.1, -0.05) is 0 Å². The predicted molar refractivity (Wildman–Crippen MR) is 65.9 cm³/mol. The summed E-state index contributed by atoms with van der Waals surface area (Å²) in [5, 5.41) is 42.9. The van der Waals surface area contributed by atoms with Crippen LogP contribution in [0.15, 0.2) is 0 Å². The highest BCUT2D eigenvalue weighted by atomic mass is 16.4. The molecular weight excluding hydrogens is 236 g/mol. The molecule has 2 rings (SSSR count). The van der Waals surface area contributed by atoms with Gasteiger partial charge in [-0.05, 0) is 32.2 Å². The van der Waals surface area contributed by atoms with E-state index in [1.165, 1.54) is 0 Å². The molecule has 0 radical (unpaired) electrons. The Hall–Kier alpha value is -0.240. The maximum Gasteiger partial charge on any atom is 0.136 e. The molecule has 2 aliphatic heterocycles. The molecule has 0 amide bonds. The molecule has 6 nitrogen and oxygen atoms in total. The molecule has 0 aromatic rings. The van der Waals surface area contributed by atoms with Gasteiger partial charge >= 0.3 is 0 Å². The topological polar surface area (TPSA) is 96.2 Å². The van der Waals surface area contributed by atoms with E-state index in [1.54, 1.807) is 4.90 Å². The van der Waals surface area contributed by atoms with Crippen molar-refractivity contribution >= 4 is 0 Å². The molecule has 2 saturated heterocycles. The minimum atomic E-state index is -1.33. The highest BCUT2D eigenvalue weighted by molar-refractivity contribution is 4.91. The molecule has 0 bridgehead atoms. The van der Waals surface area contributed by atoms with Crippen LogP contribution in [-0.2, 0) is 0 Å². The van der Waals surface area contributed by atoms with Gasteiger partial charge in [0.05, 0.1) is 6.10 Å². The van der Waals surface area contributed by atoms with Gasteiger partial charge in [-0.3, -0.25) is 4.90 Å². The van der Waals surface area contributed by atoms with Crippen molar-refractivity contribution in [3.05, 3.63) is 0 Å². The molecule has 0 aromatic heterocycles. The van der Waals surface area contributed by atoms with Gasteiger partial charge in [0.2, 0.25) is 0 Å². The summed E-state index contributed by atoms with van der Waals surface area (Å²) in [5.74, 6) is 0. The summed E-state index contributed by atoms with van der Waals surface area (Å²) in [6.45, 7) is 2.27. The number of hydrogen-bond acceptors (Lipinski definition) is 6. The Balaban J connectivity index is 1.87. The number of likely N-dealkylation sites (tertiary alicyclic amines) is 1. The van der Waals surface area contributed by atoms with Crippen molar-refractivity contribution < 1.29 is 20.4 Å². The quantitative estimate of drug-likeness (QED) is 0.402. The molecule has 6 heteroatoms. The Morgan fingerprint density at radius 2 is 1.61 bits per heavy atom.